The molecule has 0 radical (unpaired) electrons. The molecule has 1 saturated heterocycles. The lowest BCUT2D eigenvalue weighted by atomic mass is 9.74. The van der Waals surface area contributed by atoms with Gasteiger partial charge in [0.15, 0.2) is 0 Å². The lowest BCUT2D eigenvalue weighted by molar-refractivity contribution is -0.0500. The fourth-order valence-electron chi connectivity index (χ4n) is 2.84. The Morgan fingerprint density at radius 3 is 2.27 bits per heavy atom. The molecule has 0 aromatic heterocycles. The summed E-state index contributed by atoms with van der Waals surface area (Å²) in [5.41, 5.74) is 0.369. The van der Waals surface area contributed by atoms with Gasteiger partial charge < -0.3 is 4.74 Å². The third-order valence-electron chi connectivity index (χ3n) is 4.06. The molecule has 0 aromatic carbocycles. The van der Waals surface area contributed by atoms with Gasteiger partial charge in [-0.15, -0.1) is 0 Å². The molecular formula is C13H25NO. The van der Waals surface area contributed by atoms with Gasteiger partial charge in [-0.25, -0.2) is 0 Å². The fraction of sp³-hybridized carbons (Fsp3) is 1.00. The van der Waals surface area contributed by atoms with Crippen molar-refractivity contribution >= 4 is 0 Å². The molecule has 0 spiro atoms. The first-order valence-corrected chi connectivity index (χ1v) is 6.29. The number of hydrogen-bond acceptors (Lipinski definition) is 2. The first-order valence-electron chi connectivity index (χ1n) is 6.29. The normalized spacial score (nSPS) is 34.4. The Labute approximate surface area is 94.0 Å². The molecule has 0 N–H and O–H groups in total. The number of piperidine rings is 1. The Morgan fingerprint density at radius 2 is 1.80 bits per heavy atom. The van der Waals surface area contributed by atoms with Gasteiger partial charge in [-0.1, -0.05) is 20.8 Å². The second kappa shape index (κ2) is 4.06. The highest BCUT2D eigenvalue weighted by molar-refractivity contribution is 4.94. The third-order valence-corrected chi connectivity index (χ3v) is 4.06. The molecule has 0 bridgehead atoms. The number of nitrogens with zero attached hydrogens (tertiary/aromatic N) is 1. The molecule has 2 aliphatic rings. The van der Waals surface area contributed by atoms with Gasteiger partial charge in [0.25, 0.3) is 0 Å². The van der Waals surface area contributed by atoms with E-state index in [-0.39, 0.29) is 0 Å². The number of rotatable bonds is 2. The molecule has 15 heavy (non-hydrogen) atoms. The SMILES string of the molecule is COC1CCN(C2CC2)CC1C(C)(C)C. The van der Waals surface area contributed by atoms with Crippen LogP contribution in [0.3, 0.4) is 0 Å². The van der Waals surface area contributed by atoms with Crippen molar-refractivity contribution in [1.82, 2.24) is 4.90 Å². The zero-order chi connectivity index (χ0) is 11.1. The van der Waals surface area contributed by atoms with Crippen LogP contribution < -0.4 is 0 Å². The average molecular weight is 211 g/mol. The largest absolute Gasteiger partial charge is 0.381 e. The lowest BCUT2D eigenvalue weighted by Gasteiger charge is -2.44. The minimum Gasteiger partial charge on any atom is -0.381 e. The highest BCUT2D eigenvalue weighted by Crippen LogP contribution is 2.38. The van der Waals surface area contributed by atoms with E-state index in [4.69, 9.17) is 4.74 Å². The van der Waals surface area contributed by atoms with Crippen molar-refractivity contribution in [1.29, 1.82) is 0 Å². The molecule has 2 unspecified atom stereocenters. The first kappa shape index (κ1) is 11.4. The summed E-state index contributed by atoms with van der Waals surface area (Å²) in [7, 11) is 1.87. The molecule has 1 heterocycles. The maximum absolute atomic E-state index is 5.65. The Morgan fingerprint density at radius 1 is 1.13 bits per heavy atom. The summed E-state index contributed by atoms with van der Waals surface area (Å²) in [6.45, 7) is 9.53. The van der Waals surface area contributed by atoms with Gasteiger partial charge >= 0.3 is 0 Å². The molecule has 1 saturated carbocycles. The Balaban J connectivity index is 2.01. The molecule has 2 rings (SSSR count). The number of ether oxygens (including phenoxy) is 1. The van der Waals surface area contributed by atoms with E-state index in [2.05, 4.69) is 25.7 Å². The van der Waals surface area contributed by atoms with Gasteiger partial charge in [-0.3, -0.25) is 4.90 Å². The number of likely N-dealkylation sites (tertiary alicyclic amines) is 1. The summed E-state index contributed by atoms with van der Waals surface area (Å²) in [5.74, 6) is 0.692. The smallest absolute Gasteiger partial charge is 0.0628 e. The van der Waals surface area contributed by atoms with Crippen molar-refractivity contribution in [3.63, 3.8) is 0 Å². The zero-order valence-corrected chi connectivity index (χ0v) is 10.6. The summed E-state index contributed by atoms with van der Waals surface area (Å²) in [5, 5.41) is 0. The fourth-order valence-corrected chi connectivity index (χ4v) is 2.84. The maximum atomic E-state index is 5.65. The van der Waals surface area contributed by atoms with E-state index in [9.17, 15) is 0 Å². The van der Waals surface area contributed by atoms with Crippen LogP contribution in [-0.2, 0) is 4.74 Å². The predicted molar refractivity (Wildman–Crippen MR) is 63.0 cm³/mol. The Kier molecular flexibility index (Phi) is 3.09. The molecule has 1 aliphatic carbocycles. The van der Waals surface area contributed by atoms with E-state index >= 15 is 0 Å². The standard InChI is InChI=1S/C13H25NO/c1-13(2,3)11-9-14(10-5-6-10)8-7-12(11)15-4/h10-12H,5-9H2,1-4H3. The van der Waals surface area contributed by atoms with Crippen molar-refractivity contribution in [3.8, 4) is 0 Å². The van der Waals surface area contributed by atoms with Crippen LogP contribution in [0, 0.1) is 11.3 Å². The Hall–Kier alpha value is -0.0800. The molecule has 2 heteroatoms. The highest BCUT2D eigenvalue weighted by Gasteiger charge is 2.41. The first-order chi connectivity index (χ1) is 7.02. The molecule has 0 aromatic rings. The van der Waals surface area contributed by atoms with Crippen LogP contribution in [0.25, 0.3) is 0 Å². The van der Waals surface area contributed by atoms with Gasteiger partial charge in [0.05, 0.1) is 6.10 Å². The van der Waals surface area contributed by atoms with Gasteiger partial charge in [0.1, 0.15) is 0 Å². The summed E-state index contributed by atoms with van der Waals surface area (Å²) in [6, 6.07) is 0.910. The second-order valence-electron chi connectivity index (χ2n) is 6.26. The number of methoxy groups -OCH3 is 1. The molecule has 2 fully saturated rings. The monoisotopic (exact) mass is 211 g/mol. The van der Waals surface area contributed by atoms with Crippen molar-refractivity contribution < 1.29 is 4.74 Å². The summed E-state index contributed by atoms with van der Waals surface area (Å²) >= 11 is 0. The van der Waals surface area contributed by atoms with Crippen LogP contribution in [0.1, 0.15) is 40.0 Å². The molecule has 1 aliphatic heterocycles. The minimum atomic E-state index is 0.369. The van der Waals surface area contributed by atoms with Crippen molar-refractivity contribution in [2.24, 2.45) is 11.3 Å². The summed E-state index contributed by atoms with van der Waals surface area (Å²) < 4.78 is 5.65. The van der Waals surface area contributed by atoms with Gasteiger partial charge in [0, 0.05) is 32.2 Å². The topological polar surface area (TPSA) is 12.5 Å². The molecular weight excluding hydrogens is 186 g/mol. The van der Waals surface area contributed by atoms with Crippen LogP contribution in [0.15, 0.2) is 0 Å². The van der Waals surface area contributed by atoms with Gasteiger partial charge in [-0.2, -0.15) is 0 Å². The van der Waals surface area contributed by atoms with Crippen LogP contribution in [0.4, 0.5) is 0 Å². The van der Waals surface area contributed by atoms with Crippen LogP contribution in [0.5, 0.6) is 0 Å². The van der Waals surface area contributed by atoms with E-state index in [1.165, 1.54) is 32.4 Å². The van der Waals surface area contributed by atoms with E-state index in [0.29, 0.717) is 17.4 Å². The highest BCUT2D eigenvalue weighted by atomic mass is 16.5. The summed E-state index contributed by atoms with van der Waals surface area (Å²) in [6.07, 6.45) is 4.54. The second-order valence-corrected chi connectivity index (χ2v) is 6.26. The van der Waals surface area contributed by atoms with Crippen LogP contribution in [-0.4, -0.2) is 37.2 Å². The lowest BCUT2D eigenvalue weighted by Crippen LogP contribution is -2.49. The predicted octanol–water partition coefficient (Wildman–Crippen LogP) is 2.53. The maximum Gasteiger partial charge on any atom is 0.0628 e. The van der Waals surface area contributed by atoms with Crippen molar-refractivity contribution in [2.45, 2.75) is 52.2 Å². The van der Waals surface area contributed by atoms with E-state index in [0.717, 1.165) is 6.04 Å². The Bertz CT molecular complexity index is 217. The van der Waals surface area contributed by atoms with Crippen molar-refractivity contribution in [2.75, 3.05) is 20.2 Å². The minimum absolute atomic E-state index is 0.369. The van der Waals surface area contributed by atoms with E-state index < -0.39 is 0 Å². The average Bonchev–Trinajstić information content (AvgIpc) is 2.98. The molecule has 88 valence electrons. The van der Waals surface area contributed by atoms with Gasteiger partial charge in [0.2, 0.25) is 0 Å². The molecule has 0 amide bonds. The van der Waals surface area contributed by atoms with E-state index in [1.807, 2.05) is 7.11 Å². The van der Waals surface area contributed by atoms with Crippen molar-refractivity contribution in [3.05, 3.63) is 0 Å². The molecule has 2 atom stereocenters. The van der Waals surface area contributed by atoms with Gasteiger partial charge in [-0.05, 0) is 24.7 Å². The third kappa shape index (κ3) is 2.54. The number of hydrogen-bond donors (Lipinski definition) is 0. The van der Waals surface area contributed by atoms with Crippen LogP contribution >= 0.6 is 0 Å². The zero-order valence-electron chi connectivity index (χ0n) is 10.6. The quantitative estimate of drug-likeness (QED) is 0.696. The van der Waals surface area contributed by atoms with E-state index in [1.54, 1.807) is 0 Å². The summed E-state index contributed by atoms with van der Waals surface area (Å²) in [4.78, 5) is 2.69. The van der Waals surface area contributed by atoms with Crippen LogP contribution in [0.2, 0.25) is 0 Å². The molecule has 2 nitrogen and oxygen atoms in total.